The molecule has 0 radical (unpaired) electrons. The number of hydrogen-bond donors (Lipinski definition) is 3. The van der Waals surface area contributed by atoms with Gasteiger partial charge in [0.05, 0.1) is 0 Å². The van der Waals surface area contributed by atoms with Gasteiger partial charge in [-0.25, -0.2) is 9.18 Å². The first kappa shape index (κ1) is 13.9. The highest BCUT2D eigenvalue weighted by Crippen LogP contribution is 2.20. The predicted octanol–water partition coefficient (Wildman–Crippen LogP) is 0.419. The molecule has 0 unspecified atom stereocenters. The highest BCUT2D eigenvalue weighted by Gasteiger charge is 2.09. The van der Waals surface area contributed by atoms with E-state index in [2.05, 4.69) is 0 Å². The molecule has 0 fully saturated rings. The zero-order chi connectivity index (χ0) is 13.7. The molecular weight excluding hydrogens is 241 g/mol. The quantitative estimate of drug-likeness (QED) is 0.724. The van der Waals surface area contributed by atoms with E-state index >= 15 is 0 Å². The van der Waals surface area contributed by atoms with Crippen LogP contribution in [0, 0.1) is 5.82 Å². The molecule has 0 heterocycles. The summed E-state index contributed by atoms with van der Waals surface area (Å²) >= 11 is 0. The first-order valence-electron chi connectivity index (χ1n) is 5.17. The Morgan fingerprint density at radius 3 is 2.67 bits per heavy atom. The van der Waals surface area contributed by atoms with Crippen LogP contribution in [0.5, 0.6) is 5.75 Å². The topological polar surface area (TPSA) is 107 Å². The summed E-state index contributed by atoms with van der Waals surface area (Å²) in [6.45, 7) is 1.22. The number of nitrogens with two attached hydrogens (primary N) is 2. The van der Waals surface area contributed by atoms with Crippen LogP contribution >= 0.6 is 0 Å². The van der Waals surface area contributed by atoms with Crippen molar-refractivity contribution in [3.8, 4) is 5.75 Å². The van der Waals surface area contributed by atoms with Crippen LogP contribution in [-0.4, -0.2) is 18.5 Å². The van der Waals surface area contributed by atoms with Gasteiger partial charge in [0, 0.05) is 17.7 Å². The van der Waals surface area contributed by atoms with Gasteiger partial charge >= 0.3 is 6.03 Å². The van der Waals surface area contributed by atoms with Crippen molar-refractivity contribution >= 4 is 11.9 Å². The number of ether oxygens (including phenoxy) is 1. The number of benzene rings is 1. The molecule has 1 aromatic carbocycles. The number of urea groups is 1. The minimum atomic E-state index is -0.970. The van der Waals surface area contributed by atoms with E-state index in [1.807, 2.05) is 5.32 Å². The molecule has 0 aliphatic heterocycles. The molecule has 6 nitrogen and oxygen atoms in total. The summed E-state index contributed by atoms with van der Waals surface area (Å²) in [5.41, 5.74) is 10.6. The summed E-state index contributed by atoms with van der Waals surface area (Å²) in [6.07, 6.45) is 0. The summed E-state index contributed by atoms with van der Waals surface area (Å²) in [4.78, 5) is 21.4. The monoisotopic (exact) mass is 255 g/mol. The lowest BCUT2D eigenvalue weighted by molar-refractivity contribution is -0.121. The number of imide groups is 1. The van der Waals surface area contributed by atoms with Crippen LogP contribution in [-0.2, 0) is 4.79 Å². The van der Waals surface area contributed by atoms with Gasteiger partial charge in [-0.05, 0) is 13.0 Å². The Hall–Kier alpha value is -2.15. The standard InChI is InChI=1S/C11H14FN3O3/c1-6(13)8-3-2-7(4-9(8)12)18-5-10(16)15-11(14)17/h2-4,6H,5,13H2,1H3,(H3,14,15,16,17)/t6-/m1/s1. The summed E-state index contributed by atoms with van der Waals surface area (Å²) in [7, 11) is 0. The molecule has 98 valence electrons. The average molecular weight is 255 g/mol. The summed E-state index contributed by atoms with van der Waals surface area (Å²) in [5.74, 6) is -1.06. The molecule has 0 saturated heterocycles. The van der Waals surface area contributed by atoms with Crippen molar-refractivity contribution in [2.75, 3.05) is 6.61 Å². The van der Waals surface area contributed by atoms with Gasteiger partial charge in [-0.1, -0.05) is 6.07 Å². The van der Waals surface area contributed by atoms with Crippen molar-refractivity contribution in [1.82, 2.24) is 5.32 Å². The van der Waals surface area contributed by atoms with E-state index in [1.54, 1.807) is 6.92 Å². The fraction of sp³-hybridized carbons (Fsp3) is 0.273. The Labute approximate surface area is 103 Å². The summed E-state index contributed by atoms with van der Waals surface area (Å²) < 4.78 is 18.5. The van der Waals surface area contributed by atoms with Gasteiger partial charge in [0.1, 0.15) is 11.6 Å². The molecular formula is C11H14FN3O3. The van der Waals surface area contributed by atoms with Crippen LogP contribution in [0.2, 0.25) is 0 Å². The van der Waals surface area contributed by atoms with Gasteiger partial charge in [-0.3, -0.25) is 10.1 Å². The smallest absolute Gasteiger partial charge is 0.318 e. The molecule has 0 aliphatic carbocycles. The summed E-state index contributed by atoms with van der Waals surface area (Å²) in [6, 6.07) is 2.68. The van der Waals surface area contributed by atoms with Crippen molar-refractivity contribution in [2.45, 2.75) is 13.0 Å². The number of nitrogens with one attached hydrogen (secondary N) is 1. The number of halogens is 1. The molecule has 1 aromatic rings. The van der Waals surface area contributed by atoms with E-state index in [-0.39, 0.29) is 5.75 Å². The second-order valence-corrected chi connectivity index (χ2v) is 3.67. The highest BCUT2D eigenvalue weighted by atomic mass is 19.1. The molecule has 18 heavy (non-hydrogen) atoms. The Morgan fingerprint density at radius 1 is 1.50 bits per heavy atom. The Morgan fingerprint density at radius 2 is 2.17 bits per heavy atom. The number of amides is 3. The number of hydrogen-bond acceptors (Lipinski definition) is 4. The molecule has 0 aromatic heterocycles. The van der Waals surface area contributed by atoms with E-state index in [0.29, 0.717) is 5.56 Å². The van der Waals surface area contributed by atoms with Crippen LogP contribution in [0.3, 0.4) is 0 Å². The number of carbonyl (C=O) groups excluding carboxylic acids is 2. The average Bonchev–Trinajstić information content (AvgIpc) is 2.25. The van der Waals surface area contributed by atoms with E-state index < -0.39 is 30.4 Å². The third-order valence-corrected chi connectivity index (χ3v) is 2.10. The van der Waals surface area contributed by atoms with Gasteiger partial charge in [0.25, 0.3) is 5.91 Å². The van der Waals surface area contributed by atoms with Gasteiger partial charge in [-0.2, -0.15) is 0 Å². The molecule has 0 bridgehead atoms. The lowest BCUT2D eigenvalue weighted by atomic mass is 10.1. The zero-order valence-corrected chi connectivity index (χ0v) is 9.77. The predicted molar refractivity (Wildman–Crippen MR) is 62.2 cm³/mol. The Balaban J connectivity index is 2.61. The fourth-order valence-corrected chi connectivity index (χ4v) is 1.29. The molecule has 1 rings (SSSR count). The van der Waals surface area contributed by atoms with Crippen LogP contribution in [0.25, 0.3) is 0 Å². The molecule has 3 amide bonds. The number of carbonyl (C=O) groups is 2. The van der Waals surface area contributed by atoms with Crippen molar-refractivity contribution in [1.29, 1.82) is 0 Å². The largest absolute Gasteiger partial charge is 0.484 e. The van der Waals surface area contributed by atoms with Crippen molar-refractivity contribution in [3.05, 3.63) is 29.6 Å². The molecule has 0 aliphatic rings. The van der Waals surface area contributed by atoms with E-state index in [1.165, 1.54) is 12.1 Å². The van der Waals surface area contributed by atoms with E-state index in [0.717, 1.165) is 6.07 Å². The minimum absolute atomic E-state index is 0.163. The maximum atomic E-state index is 13.5. The van der Waals surface area contributed by atoms with E-state index in [4.69, 9.17) is 16.2 Å². The first-order chi connectivity index (χ1) is 8.40. The van der Waals surface area contributed by atoms with Crippen LogP contribution in [0.15, 0.2) is 18.2 Å². The van der Waals surface area contributed by atoms with Gasteiger partial charge < -0.3 is 16.2 Å². The van der Waals surface area contributed by atoms with Crippen molar-refractivity contribution in [2.24, 2.45) is 11.5 Å². The molecule has 0 spiro atoms. The van der Waals surface area contributed by atoms with Crippen molar-refractivity contribution in [3.63, 3.8) is 0 Å². The SMILES string of the molecule is C[C@@H](N)c1ccc(OCC(=O)NC(N)=O)cc1F. The second kappa shape index (κ2) is 5.97. The van der Waals surface area contributed by atoms with E-state index in [9.17, 15) is 14.0 Å². The molecule has 7 heteroatoms. The zero-order valence-electron chi connectivity index (χ0n) is 9.77. The van der Waals surface area contributed by atoms with Gasteiger partial charge in [-0.15, -0.1) is 0 Å². The normalized spacial score (nSPS) is 11.7. The molecule has 5 N–H and O–H groups in total. The van der Waals surface area contributed by atoms with Crippen molar-refractivity contribution < 1.29 is 18.7 Å². The summed E-state index contributed by atoms with van der Waals surface area (Å²) in [5, 5.41) is 1.82. The fourth-order valence-electron chi connectivity index (χ4n) is 1.29. The Bertz CT molecular complexity index is 463. The molecule has 0 saturated carbocycles. The third kappa shape index (κ3) is 4.02. The molecule has 1 atom stereocenters. The second-order valence-electron chi connectivity index (χ2n) is 3.67. The lowest BCUT2D eigenvalue weighted by Gasteiger charge is -2.10. The first-order valence-corrected chi connectivity index (χ1v) is 5.17. The Kier molecular flexibility index (Phi) is 4.61. The van der Waals surface area contributed by atoms with Crippen LogP contribution in [0.1, 0.15) is 18.5 Å². The maximum absolute atomic E-state index is 13.5. The number of rotatable bonds is 4. The lowest BCUT2D eigenvalue weighted by Crippen LogP contribution is -2.38. The van der Waals surface area contributed by atoms with Crippen LogP contribution in [0.4, 0.5) is 9.18 Å². The highest BCUT2D eigenvalue weighted by molar-refractivity contribution is 5.94. The maximum Gasteiger partial charge on any atom is 0.318 e. The van der Waals surface area contributed by atoms with Gasteiger partial charge in [0.15, 0.2) is 6.61 Å². The number of primary amides is 1. The van der Waals surface area contributed by atoms with Gasteiger partial charge in [0.2, 0.25) is 0 Å². The minimum Gasteiger partial charge on any atom is -0.484 e. The van der Waals surface area contributed by atoms with Crippen LogP contribution < -0.4 is 21.5 Å². The third-order valence-electron chi connectivity index (χ3n) is 2.10.